The molecule has 0 aliphatic carbocycles. The minimum Gasteiger partial charge on any atom is -0.493 e. The van der Waals surface area contributed by atoms with Gasteiger partial charge in [0.25, 0.3) is 5.69 Å². The molecule has 7 heteroatoms. The normalized spacial score (nSPS) is 10.4. The molecule has 3 aromatic rings. The van der Waals surface area contributed by atoms with Gasteiger partial charge in [-0.05, 0) is 24.3 Å². The second-order valence-electron chi connectivity index (χ2n) is 4.88. The number of rotatable bonds is 5. The van der Waals surface area contributed by atoms with Gasteiger partial charge in [0.15, 0.2) is 11.5 Å². The lowest BCUT2D eigenvalue weighted by molar-refractivity contribution is -0.384. The van der Waals surface area contributed by atoms with Crippen molar-refractivity contribution in [2.24, 2.45) is 0 Å². The molecule has 0 amide bonds. The summed E-state index contributed by atoms with van der Waals surface area (Å²) in [7, 11) is 3.18. The summed E-state index contributed by atoms with van der Waals surface area (Å²) in [5.74, 6) is 1.27. The molecular formula is C17H14N2O4S. The van der Waals surface area contributed by atoms with E-state index in [0.717, 1.165) is 21.8 Å². The fourth-order valence-corrected chi connectivity index (χ4v) is 3.19. The maximum absolute atomic E-state index is 10.7. The summed E-state index contributed by atoms with van der Waals surface area (Å²) < 4.78 is 10.8. The third kappa shape index (κ3) is 2.93. The van der Waals surface area contributed by atoms with Crippen LogP contribution in [-0.4, -0.2) is 24.1 Å². The number of methoxy groups -OCH3 is 2. The molecule has 122 valence electrons. The average Bonchev–Trinajstić information content (AvgIpc) is 3.10. The topological polar surface area (TPSA) is 74.5 Å². The quantitative estimate of drug-likeness (QED) is 0.507. The molecule has 1 heterocycles. The van der Waals surface area contributed by atoms with Crippen LogP contribution in [-0.2, 0) is 0 Å². The fourth-order valence-electron chi connectivity index (χ4n) is 2.34. The minimum atomic E-state index is -0.419. The molecule has 24 heavy (non-hydrogen) atoms. The van der Waals surface area contributed by atoms with Gasteiger partial charge in [-0.2, -0.15) is 0 Å². The number of ether oxygens (including phenoxy) is 2. The van der Waals surface area contributed by atoms with Crippen molar-refractivity contribution in [2.75, 3.05) is 14.2 Å². The summed E-state index contributed by atoms with van der Waals surface area (Å²) in [6, 6.07) is 12.0. The van der Waals surface area contributed by atoms with Gasteiger partial charge >= 0.3 is 0 Å². The van der Waals surface area contributed by atoms with Crippen molar-refractivity contribution in [3.63, 3.8) is 0 Å². The molecule has 0 saturated carbocycles. The molecule has 0 fully saturated rings. The SMILES string of the molecule is COc1cccc(-c2nc(-c3ccc([N+](=O)[O-])cc3)cs2)c1OC. The van der Waals surface area contributed by atoms with E-state index in [9.17, 15) is 10.1 Å². The highest BCUT2D eigenvalue weighted by atomic mass is 32.1. The lowest BCUT2D eigenvalue weighted by Gasteiger charge is -2.10. The summed E-state index contributed by atoms with van der Waals surface area (Å²) in [4.78, 5) is 14.9. The zero-order valence-electron chi connectivity index (χ0n) is 13.1. The summed E-state index contributed by atoms with van der Waals surface area (Å²) in [6.45, 7) is 0. The van der Waals surface area contributed by atoms with Gasteiger partial charge in [-0.25, -0.2) is 4.98 Å². The number of hydrogen-bond donors (Lipinski definition) is 0. The fraction of sp³-hybridized carbons (Fsp3) is 0.118. The van der Waals surface area contributed by atoms with Gasteiger partial charge in [-0.1, -0.05) is 6.07 Å². The van der Waals surface area contributed by atoms with E-state index in [1.54, 1.807) is 26.4 Å². The van der Waals surface area contributed by atoms with Crippen molar-refractivity contribution in [1.29, 1.82) is 0 Å². The zero-order chi connectivity index (χ0) is 17.1. The number of aromatic nitrogens is 1. The van der Waals surface area contributed by atoms with Crippen LogP contribution >= 0.6 is 11.3 Å². The van der Waals surface area contributed by atoms with Crippen LogP contribution in [0, 0.1) is 10.1 Å². The lowest BCUT2D eigenvalue weighted by atomic mass is 10.1. The molecule has 1 aromatic heterocycles. The molecule has 0 N–H and O–H groups in total. The number of non-ortho nitro benzene ring substituents is 1. The Morgan fingerprint density at radius 1 is 1.08 bits per heavy atom. The van der Waals surface area contributed by atoms with Gasteiger partial charge in [0, 0.05) is 23.1 Å². The molecular weight excluding hydrogens is 328 g/mol. The van der Waals surface area contributed by atoms with Crippen molar-refractivity contribution < 1.29 is 14.4 Å². The van der Waals surface area contributed by atoms with Crippen LogP contribution in [0.1, 0.15) is 0 Å². The van der Waals surface area contributed by atoms with Gasteiger partial charge in [0.1, 0.15) is 5.01 Å². The van der Waals surface area contributed by atoms with Crippen LogP contribution in [0.5, 0.6) is 11.5 Å². The Bertz CT molecular complexity index is 875. The summed E-state index contributed by atoms with van der Waals surface area (Å²) in [5.41, 5.74) is 2.48. The van der Waals surface area contributed by atoms with E-state index >= 15 is 0 Å². The number of nitro benzene ring substituents is 1. The monoisotopic (exact) mass is 342 g/mol. The third-order valence-electron chi connectivity index (χ3n) is 3.51. The Labute approximate surface area is 142 Å². The zero-order valence-corrected chi connectivity index (χ0v) is 13.9. The van der Waals surface area contributed by atoms with Crippen LogP contribution in [0.4, 0.5) is 5.69 Å². The average molecular weight is 342 g/mol. The molecule has 0 aliphatic rings. The molecule has 0 unspecified atom stereocenters. The second-order valence-corrected chi connectivity index (χ2v) is 5.74. The Kier molecular flexibility index (Phi) is 4.43. The second kappa shape index (κ2) is 6.67. The number of benzene rings is 2. The van der Waals surface area contributed by atoms with Crippen LogP contribution < -0.4 is 9.47 Å². The van der Waals surface area contributed by atoms with E-state index in [1.807, 2.05) is 23.6 Å². The van der Waals surface area contributed by atoms with Crippen LogP contribution in [0.3, 0.4) is 0 Å². The maximum atomic E-state index is 10.7. The van der Waals surface area contributed by atoms with Crippen LogP contribution in [0.25, 0.3) is 21.8 Å². The Balaban J connectivity index is 1.98. The van der Waals surface area contributed by atoms with Gasteiger partial charge in [0.05, 0.1) is 30.4 Å². The third-order valence-corrected chi connectivity index (χ3v) is 4.39. The highest BCUT2D eigenvalue weighted by Gasteiger charge is 2.15. The van der Waals surface area contributed by atoms with Gasteiger partial charge in [0.2, 0.25) is 0 Å². The number of hydrogen-bond acceptors (Lipinski definition) is 6. The van der Waals surface area contributed by atoms with Crippen LogP contribution in [0.15, 0.2) is 47.8 Å². The van der Waals surface area contributed by atoms with E-state index in [0.29, 0.717) is 11.5 Å². The van der Waals surface area contributed by atoms with E-state index in [2.05, 4.69) is 4.98 Å². The number of para-hydroxylation sites is 1. The van der Waals surface area contributed by atoms with Crippen molar-refractivity contribution in [3.05, 3.63) is 58.0 Å². The largest absolute Gasteiger partial charge is 0.493 e. The van der Waals surface area contributed by atoms with Crippen LogP contribution in [0.2, 0.25) is 0 Å². The number of thiazole rings is 1. The molecule has 6 nitrogen and oxygen atoms in total. The minimum absolute atomic E-state index is 0.0590. The first-order chi connectivity index (χ1) is 11.6. The number of nitro groups is 1. The smallest absolute Gasteiger partial charge is 0.269 e. The summed E-state index contributed by atoms with van der Waals surface area (Å²) in [5, 5.41) is 13.4. The Morgan fingerprint density at radius 2 is 1.83 bits per heavy atom. The predicted octanol–water partition coefficient (Wildman–Crippen LogP) is 4.40. The van der Waals surface area contributed by atoms with Gasteiger partial charge in [-0.15, -0.1) is 11.3 Å². The highest BCUT2D eigenvalue weighted by molar-refractivity contribution is 7.13. The van der Waals surface area contributed by atoms with Gasteiger partial charge in [-0.3, -0.25) is 10.1 Å². The first-order valence-electron chi connectivity index (χ1n) is 7.05. The molecule has 0 aliphatic heterocycles. The first kappa shape index (κ1) is 15.9. The Morgan fingerprint density at radius 3 is 2.46 bits per heavy atom. The molecule has 0 spiro atoms. The Hall–Kier alpha value is -2.93. The standard InChI is InChI=1S/C17H14N2O4S/c1-22-15-5-3-4-13(16(15)23-2)17-18-14(10-24-17)11-6-8-12(9-7-11)19(20)21/h3-10H,1-2H3. The summed E-state index contributed by atoms with van der Waals surface area (Å²) in [6.07, 6.45) is 0. The molecule has 3 rings (SSSR count). The maximum Gasteiger partial charge on any atom is 0.269 e. The summed E-state index contributed by atoms with van der Waals surface area (Å²) >= 11 is 1.48. The van der Waals surface area contributed by atoms with E-state index in [-0.39, 0.29) is 5.69 Å². The van der Waals surface area contributed by atoms with Crippen molar-refractivity contribution in [3.8, 4) is 33.3 Å². The van der Waals surface area contributed by atoms with Gasteiger partial charge < -0.3 is 9.47 Å². The van der Waals surface area contributed by atoms with Crippen molar-refractivity contribution in [1.82, 2.24) is 4.98 Å². The van der Waals surface area contributed by atoms with E-state index in [4.69, 9.17) is 9.47 Å². The first-order valence-corrected chi connectivity index (χ1v) is 7.93. The van der Waals surface area contributed by atoms with E-state index in [1.165, 1.54) is 23.5 Å². The molecule has 2 aromatic carbocycles. The lowest BCUT2D eigenvalue weighted by Crippen LogP contribution is -1.93. The highest BCUT2D eigenvalue weighted by Crippen LogP contribution is 2.40. The van der Waals surface area contributed by atoms with E-state index < -0.39 is 4.92 Å². The molecule has 0 atom stereocenters. The molecule has 0 bridgehead atoms. The number of nitrogens with zero attached hydrogens (tertiary/aromatic N) is 2. The molecule has 0 radical (unpaired) electrons. The predicted molar refractivity (Wildman–Crippen MR) is 92.7 cm³/mol. The van der Waals surface area contributed by atoms with Crippen molar-refractivity contribution in [2.45, 2.75) is 0 Å². The molecule has 0 saturated heterocycles. The van der Waals surface area contributed by atoms with Crippen molar-refractivity contribution >= 4 is 17.0 Å².